The van der Waals surface area contributed by atoms with E-state index in [1.807, 2.05) is 12.5 Å². The predicted octanol–water partition coefficient (Wildman–Crippen LogP) is 1.12. The van der Waals surface area contributed by atoms with Gasteiger partial charge in [-0.1, -0.05) is 12.2 Å². The number of nitrogens with one attached hydrogen (secondary N) is 1. The number of hydrogen-bond donors (Lipinski definition) is 2. The van der Waals surface area contributed by atoms with Crippen LogP contribution in [0.3, 0.4) is 0 Å². The summed E-state index contributed by atoms with van der Waals surface area (Å²) in [6.45, 7) is 0.222. The highest BCUT2D eigenvalue weighted by Crippen LogP contribution is 2.27. The lowest BCUT2D eigenvalue weighted by Crippen LogP contribution is -2.26. The zero-order chi connectivity index (χ0) is 13.2. The zero-order valence-corrected chi connectivity index (χ0v) is 11.2. The molecule has 1 fully saturated rings. The topological polar surface area (TPSA) is 62.4 Å². The van der Waals surface area contributed by atoms with Crippen LogP contribution in [0.1, 0.15) is 31.0 Å². The van der Waals surface area contributed by atoms with Crippen molar-refractivity contribution < 1.29 is 5.11 Å². The summed E-state index contributed by atoms with van der Waals surface area (Å²) >= 11 is 0. The van der Waals surface area contributed by atoms with Gasteiger partial charge >= 0.3 is 0 Å². The molecule has 0 unspecified atom stereocenters. The minimum atomic E-state index is 0.222. The van der Waals surface area contributed by atoms with Crippen molar-refractivity contribution in [3.63, 3.8) is 0 Å². The third-order valence-corrected chi connectivity index (χ3v) is 3.75. The van der Waals surface area contributed by atoms with Crippen LogP contribution in [0.5, 0.6) is 0 Å². The number of rotatable bonds is 4. The van der Waals surface area contributed by atoms with E-state index in [9.17, 15) is 0 Å². The summed E-state index contributed by atoms with van der Waals surface area (Å²) in [6, 6.07) is 0.881. The highest BCUT2D eigenvalue weighted by molar-refractivity contribution is 5.97. The van der Waals surface area contributed by atoms with E-state index in [1.54, 1.807) is 7.05 Å². The summed E-state index contributed by atoms with van der Waals surface area (Å²) in [5.41, 5.74) is 0.898. The Morgan fingerprint density at radius 2 is 2.37 bits per heavy atom. The average Bonchev–Trinajstić information content (AvgIpc) is 2.95. The fourth-order valence-electron chi connectivity index (χ4n) is 2.42. The number of hydrogen-bond acceptors (Lipinski definition) is 3. The SMILES string of the molecule is C/N=C(/NC1CC1)c1cn([C@H]2C=C[C@@H](CO)C2)cn1. The molecule has 0 spiro atoms. The number of imidazole rings is 1. The largest absolute Gasteiger partial charge is 0.396 e. The molecule has 0 aromatic carbocycles. The van der Waals surface area contributed by atoms with E-state index < -0.39 is 0 Å². The van der Waals surface area contributed by atoms with E-state index >= 15 is 0 Å². The van der Waals surface area contributed by atoms with Gasteiger partial charge in [0.2, 0.25) is 0 Å². The summed E-state index contributed by atoms with van der Waals surface area (Å²) in [5.74, 6) is 1.15. The van der Waals surface area contributed by atoms with E-state index in [-0.39, 0.29) is 12.5 Å². The molecule has 2 aliphatic carbocycles. The van der Waals surface area contributed by atoms with Crippen LogP contribution in [0.15, 0.2) is 29.7 Å². The first kappa shape index (κ1) is 12.4. The number of amidine groups is 1. The van der Waals surface area contributed by atoms with Crippen molar-refractivity contribution in [3.05, 3.63) is 30.4 Å². The maximum atomic E-state index is 9.16. The maximum absolute atomic E-state index is 9.16. The predicted molar refractivity (Wildman–Crippen MR) is 74.2 cm³/mol. The van der Waals surface area contributed by atoms with Gasteiger partial charge in [-0.25, -0.2) is 4.98 Å². The number of nitrogens with zero attached hydrogens (tertiary/aromatic N) is 3. The minimum Gasteiger partial charge on any atom is -0.396 e. The number of aliphatic hydroxyl groups excluding tert-OH is 1. The molecule has 1 aromatic heterocycles. The first-order valence-electron chi connectivity index (χ1n) is 6.86. The first-order valence-corrected chi connectivity index (χ1v) is 6.86. The average molecular weight is 260 g/mol. The molecule has 2 N–H and O–H groups in total. The van der Waals surface area contributed by atoms with Crippen LogP contribution in [-0.2, 0) is 0 Å². The van der Waals surface area contributed by atoms with E-state index in [0.717, 1.165) is 18.0 Å². The van der Waals surface area contributed by atoms with Crippen molar-refractivity contribution in [1.82, 2.24) is 14.9 Å². The number of allylic oxidation sites excluding steroid dienone is 1. The van der Waals surface area contributed by atoms with Crippen LogP contribution >= 0.6 is 0 Å². The fraction of sp³-hybridized carbons (Fsp3) is 0.571. The summed E-state index contributed by atoms with van der Waals surface area (Å²) in [6.07, 6.45) is 11.5. The summed E-state index contributed by atoms with van der Waals surface area (Å²) in [4.78, 5) is 8.72. The van der Waals surface area contributed by atoms with Gasteiger partial charge in [-0.2, -0.15) is 0 Å². The van der Waals surface area contributed by atoms with Crippen LogP contribution in [0.4, 0.5) is 0 Å². The molecule has 102 valence electrons. The highest BCUT2D eigenvalue weighted by atomic mass is 16.3. The third-order valence-electron chi connectivity index (χ3n) is 3.75. The smallest absolute Gasteiger partial charge is 0.148 e. The van der Waals surface area contributed by atoms with Gasteiger partial charge < -0.3 is 15.0 Å². The molecule has 2 atom stereocenters. The second kappa shape index (κ2) is 5.17. The molecular formula is C14H20N4O. The monoisotopic (exact) mass is 260 g/mol. The van der Waals surface area contributed by atoms with Gasteiger partial charge in [-0.3, -0.25) is 4.99 Å². The molecule has 1 heterocycles. The molecule has 5 heteroatoms. The molecule has 0 radical (unpaired) electrons. The van der Waals surface area contributed by atoms with E-state index in [0.29, 0.717) is 12.1 Å². The van der Waals surface area contributed by atoms with E-state index in [4.69, 9.17) is 5.11 Å². The van der Waals surface area contributed by atoms with Crippen molar-refractivity contribution in [2.24, 2.45) is 10.9 Å². The van der Waals surface area contributed by atoms with Crippen LogP contribution in [0.2, 0.25) is 0 Å². The Labute approximate surface area is 113 Å². The Morgan fingerprint density at radius 3 is 3.00 bits per heavy atom. The van der Waals surface area contributed by atoms with Gasteiger partial charge in [-0.05, 0) is 19.3 Å². The summed E-state index contributed by atoms with van der Waals surface area (Å²) in [5, 5.41) is 12.6. The van der Waals surface area contributed by atoms with Gasteiger partial charge in [-0.15, -0.1) is 0 Å². The fourth-order valence-corrected chi connectivity index (χ4v) is 2.42. The summed E-state index contributed by atoms with van der Waals surface area (Å²) in [7, 11) is 1.79. The second-order valence-electron chi connectivity index (χ2n) is 5.33. The molecule has 0 aliphatic heterocycles. The maximum Gasteiger partial charge on any atom is 0.148 e. The Kier molecular flexibility index (Phi) is 3.38. The lowest BCUT2D eigenvalue weighted by atomic mass is 10.1. The van der Waals surface area contributed by atoms with Gasteiger partial charge in [0, 0.05) is 31.8 Å². The van der Waals surface area contributed by atoms with Crippen LogP contribution in [0.25, 0.3) is 0 Å². The molecule has 0 saturated heterocycles. The van der Waals surface area contributed by atoms with E-state index in [1.165, 1.54) is 12.8 Å². The van der Waals surface area contributed by atoms with Crippen LogP contribution < -0.4 is 5.32 Å². The first-order chi connectivity index (χ1) is 9.30. The van der Waals surface area contributed by atoms with Crippen molar-refractivity contribution in [1.29, 1.82) is 0 Å². The number of aromatic nitrogens is 2. The molecule has 5 nitrogen and oxygen atoms in total. The normalized spacial score (nSPS) is 26.9. The molecular weight excluding hydrogens is 240 g/mol. The van der Waals surface area contributed by atoms with Crippen molar-refractivity contribution >= 4 is 5.84 Å². The zero-order valence-electron chi connectivity index (χ0n) is 11.2. The molecule has 1 aromatic rings. The van der Waals surface area contributed by atoms with Crippen molar-refractivity contribution in [3.8, 4) is 0 Å². The highest BCUT2D eigenvalue weighted by Gasteiger charge is 2.24. The number of aliphatic hydroxyl groups is 1. The summed E-state index contributed by atoms with van der Waals surface area (Å²) < 4.78 is 2.10. The van der Waals surface area contributed by atoms with E-state index in [2.05, 4.69) is 32.0 Å². The Bertz CT molecular complexity index is 501. The van der Waals surface area contributed by atoms with Gasteiger partial charge in [0.1, 0.15) is 11.5 Å². The Hall–Kier alpha value is -1.62. The Balaban J connectivity index is 1.70. The standard InChI is InChI=1S/C14H20N4O/c1-15-14(17-11-3-4-11)13-7-18(9-16-13)12-5-2-10(6-12)8-19/h2,5,7,9-12,19H,3-4,6,8H2,1H3,(H,15,17)/t10-,12+/m1/s1. The Morgan fingerprint density at radius 1 is 1.53 bits per heavy atom. The molecule has 2 aliphatic rings. The quantitative estimate of drug-likeness (QED) is 0.484. The van der Waals surface area contributed by atoms with Gasteiger partial charge in [0.25, 0.3) is 0 Å². The van der Waals surface area contributed by atoms with Crippen molar-refractivity contribution in [2.75, 3.05) is 13.7 Å². The van der Waals surface area contributed by atoms with Crippen molar-refractivity contribution in [2.45, 2.75) is 31.3 Å². The van der Waals surface area contributed by atoms with Crippen LogP contribution in [0, 0.1) is 5.92 Å². The molecule has 1 saturated carbocycles. The number of aliphatic imine (C=N–C) groups is 1. The van der Waals surface area contributed by atoms with Gasteiger partial charge in [0.05, 0.1) is 12.4 Å². The molecule has 0 amide bonds. The molecule has 0 bridgehead atoms. The lowest BCUT2D eigenvalue weighted by molar-refractivity contribution is 0.244. The second-order valence-corrected chi connectivity index (χ2v) is 5.33. The van der Waals surface area contributed by atoms with Crippen LogP contribution in [-0.4, -0.2) is 40.2 Å². The molecule has 19 heavy (non-hydrogen) atoms. The minimum absolute atomic E-state index is 0.222. The molecule has 3 rings (SSSR count). The third kappa shape index (κ3) is 2.71. The lowest BCUT2D eigenvalue weighted by Gasteiger charge is -2.11. The van der Waals surface area contributed by atoms with Gasteiger partial charge in [0.15, 0.2) is 0 Å².